The van der Waals surface area contributed by atoms with E-state index in [-0.39, 0.29) is 10.3 Å². The van der Waals surface area contributed by atoms with Crippen LogP contribution in [0.25, 0.3) is 0 Å². The molecule has 1 aromatic heterocycles. The largest absolute Gasteiger partial charge is 0.454 e. The average molecular weight is 284 g/mol. The number of hydrogen-bond acceptors (Lipinski definition) is 4. The molecule has 0 aliphatic rings. The number of hydrogen-bond donors (Lipinski definition) is 1. The van der Waals surface area contributed by atoms with Gasteiger partial charge in [0, 0.05) is 12.6 Å². The van der Waals surface area contributed by atoms with E-state index in [0.717, 1.165) is 12.1 Å². The number of ether oxygens (including phenoxy) is 1. The summed E-state index contributed by atoms with van der Waals surface area (Å²) >= 11 is 11.6. The number of halogens is 2. The van der Waals surface area contributed by atoms with Gasteiger partial charge in [-0.3, -0.25) is 0 Å². The first-order chi connectivity index (χ1) is 8.69. The predicted octanol–water partition coefficient (Wildman–Crippen LogP) is 3.30. The van der Waals surface area contributed by atoms with Gasteiger partial charge in [0.15, 0.2) is 16.1 Å². The Morgan fingerprint density at radius 3 is 2.83 bits per heavy atom. The Morgan fingerprint density at radius 2 is 2.06 bits per heavy atom. The van der Waals surface area contributed by atoms with Crippen LogP contribution in [0.4, 0.5) is 0 Å². The summed E-state index contributed by atoms with van der Waals surface area (Å²) in [6, 6.07) is 9.20. The summed E-state index contributed by atoms with van der Waals surface area (Å²) < 4.78 is 5.63. The van der Waals surface area contributed by atoms with E-state index in [1.54, 1.807) is 0 Å². The quantitative estimate of drug-likeness (QED) is 0.935. The van der Waals surface area contributed by atoms with Crippen molar-refractivity contribution in [3.63, 3.8) is 0 Å². The van der Waals surface area contributed by atoms with Gasteiger partial charge in [0.1, 0.15) is 5.75 Å². The zero-order valence-electron chi connectivity index (χ0n) is 9.65. The lowest BCUT2D eigenvalue weighted by atomic mass is 10.2. The van der Waals surface area contributed by atoms with Crippen LogP contribution >= 0.6 is 23.2 Å². The Morgan fingerprint density at radius 1 is 1.22 bits per heavy atom. The van der Waals surface area contributed by atoms with Gasteiger partial charge >= 0.3 is 0 Å². The van der Waals surface area contributed by atoms with E-state index in [1.165, 1.54) is 6.07 Å². The van der Waals surface area contributed by atoms with Gasteiger partial charge in [-0.15, -0.1) is 10.2 Å². The Labute approximate surface area is 115 Å². The molecule has 1 aromatic carbocycles. The molecule has 0 saturated carbocycles. The highest BCUT2D eigenvalue weighted by Gasteiger charge is 2.07. The van der Waals surface area contributed by atoms with Gasteiger partial charge in [-0.25, -0.2) is 0 Å². The summed E-state index contributed by atoms with van der Waals surface area (Å²) in [4.78, 5) is 0. The molecule has 0 aliphatic carbocycles. The van der Waals surface area contributed by atoms with Gasteiger partial charge in [0.25, 0.3) is 0 Å². The van der Waals surface area contributed by atoms with Gasteiger partial charge in [0.2, 0.25) is 0 Å². The third kappa shape index (κ3) is 3.32. The zero-order chi connectivity index (χ0) is 13.0. The van der Waals surface area contributed by atoms with E-state index < -0.39 is 0 Å². The fourth-order valence-corrected chi connectivity index (χ4v) is 1.73. The first-order valence-corrected chi connectivity index (χ1v) is 6.05. The fourth-order valence-electron chi connectivity index (χ4n) is 1.46. The summed E-state index contributed by atoms with van der Waals surface area (Å²) in [7, 11) is 1.89. The lowest BCUT2D eigenvalue weighted by molar-refractivity contribution is 0.478. The van der Waals surface area contributed by atoms with Crippen molar-refractivity contribution >= 4 is 23.2 Å². The maximum Gasteiger partial charge on any atom is 0.194 e. The number of rotatable bonds is 4. The number of benzene rings is 1. The fraction of sp³-hybridized carbons (Fsp3) is 0.167. The molecule has 0 atom stereocenters. The molecule has 18 heavy (non-hydrogen) atoms. The molecule has 0 spiro atoms. The van der Waals surface area contributed by atoms with Crippen molar-refractivity contribution in [2.45, 2.75) is 6.54 Å². The molecule has 1 N–H and O–H groups in total. The molecule has 94 valence electrons. The summed E-state index contributed by atoms with van der Waals surface area (Å²) in [5, 5.41) is 10.8. The van der Waals surface area contributed by atoms with Crippen molar-refractivity contribution in [1.82, 2.24) is 15.5 Å². The molecule has 0 amide bonds. The van der Waals surface area contributed by atoms with Crippen molar-refractivity contribution in [2.24, 2.45) is 0 Å². The highest BCUT2D eigenvalue weighted by atomic mass is 35.5. The normalized spacial score (nSPS) is 10.4. The van der Waals surface area contributed by atoms with Crippen molar-refractivity contribution < 1.29 is 4.74 Å². The smallest absolute Gasteiger partial charge is 0.194 e. The molecule has 1 heterocycles. The molecule has 6 heteroatoms. The van der Waals surface area contributed by atoms with Gasteiger partial charge in [-0.1, -0.05) is 35.3 Å². The van der Waals surface area contributed by atoms with E-state index in [1.807, 2.05) is 31.3 Å². The maximum absolute atomic E-state index is 5.88. The molecule has 0 radical (unpaired) electrons. The molecule has 0 unspecified atom stereocenters. The zero-order valence-corrected chi connectivity index (χ0v) is 11.2. The highest BCUT2D eigenvalue weighted by molar-refractivity contribution is 6.32. The first kappa shape index (κ1) is 13.1. The molecule has 2 aromatic rings. The van der Waals surface area contributed by atoms with Crippen LogP contribution in [-0.2, 0) is 6.54 Å². The minimum atomic E-state index is 0.179. The third-order valence-electron chi connectivity index (χ3n) is 2.19. The summed E-state index contributed by atoms with van der Waals surface area (Å²) in [5.41, 5.74) is 1.11. The first-order valence-electron chi connectivity index (χ1n) is 5.29. The van der Waals surface area contributed by atoms with Crippen molar-refractivity contribution in [3.8, 4) is 11.5 Å². The number of nitrogens with one attached hydrogen (secondary N) is 1. The predicted molar refractivity (Wildman–Crippen MR) is 71.3 cm³/mol. The molecule has 0 saturated heterocycles. The van der Waals surface area contributed by atoms with Crippen molar-refractivity contribution in [1.29, 1.82) is 0 Å². The van der Waals surface area contributed by atoms with Crippen LogP contribution in [0.3, 0.4) is 0 Å². The van der Waals surface area contributed by atoms with E-state index in [2.05, 4.69) is 15.5 Å². The molecule has 0 bridgehead atoms. The second-order valence-corrected chi connectivity index (χ2v) is 4.35. The topological polar surface area (TPSA) is 47.0 Å². The van der Waals surface area contributed by atoms with Crippen LogP contribution in [0, 0.1) is 0 Å². The van der Waals surface area contributed by atoms with E-state index in [9.17, 15) is 0 Å². The Bertz CT molecular complexity index is 549. The van der Waals surface area contributed by atoms with E-state index in [0.29, 0.717) is 11.5 Å². The molecule has 0 aliphatic heterocycles. The maximum atomic E-state index is 5.88. The molecule has 0 fully saturated rings. The van der Waals surface area contributed by atoms with Gasteiger partial charge in [-0.2, -0.15) is 0 Å². The van der Waals surface area contributed by atoms with Gasteiger partial charge in [-0.05, 0) is 24.7 Å². The summed E-state index contributed by atoms with van der Waals surface area (Å²) in [6.07, 6.45) is 0. The third-order valence-corrected chi connectivity index (χ3v) is 2.64. The van der Waals surface area contributed by atoms with Crippen LogP contribution in [-0.4, -0.2) is 17.2 Å². The van der Waals surface area contributed by atoms with Gasteiger partial charge in [0.05, 0.1) is 0 Å². The highest BCUT2D eigenvalue weighted by Crippen LogP contribution is 2.29. The molecular formula is C12H11Cl2N3O. The Balaban J connectivity index is 2.22. The summed E-state index contributed by atoms with van der Waals surface area (Å²) in [6.45, 7) is 0.764. The number of aromatic nitrogens is 2. The monoisotopic (exact) mass is 283 g/mol. The number of nitrogens with zero attached hydrogens (tertiary/aromatic N) is 2. The van der Waals surface area contributed by atoms with Crippen LogP contribution in [0.5, 0.6) is 11.5 Å². The standard InChI is InChI=1S/C12H11Cl2N3O/c1-15-7-8-3-2-4-9(5-8)18-10-6-11(13)16-17-12(10)14/h2-6,15H,7H2,1H3. The summed E-state index contributed by atoms with van der Waals surface area (Å²) in [5.74, 6) is 1.06. The van der Waals surface area contributed by atoms with Crippen LogP contribution in [0.15, 0.2) is 30.3 Å². The molecule has 2 rings (SSSR count). The van der Waals surface area contributed by atoms with Crippen molar-refractivity contribution in [2.75, 3.05) is 7.05 Å². The van der Waals surface area contributed by atoms with Crippen LogP contribution in [0.1, 0.15) is 5.56 Å². The lowest BCUT2D eigenvalue weighted by Gasteiger charge is -2.08. The SMILES string of the molecule is CNCc1cccc(Oc2cc(Cl)nnc2Cl)c1. The van der Waals surface area contributed by atoms with Gasteiger partial charge < -0.3 is 10.1 Å². The Hall–Kier alpha value is -1.36. The van der Waals surface area contributed by atoms with Crippen LogP contribution in [0.2, 0.25) is 10.3 Å². The van der Waals surface area contributed by atoms with Crippen molar-refractivity contribution in [3.05, 3.63) is 46.2 Å². The minimum Gasteiger partial charge on any atom is -0.454 e. The molecular weight excluding hydrogens is 273 g/mol. The lowest BCUT2D eigenvalue weighted by Crippen LogP contribution is -2.04. The Kier molecular flexibility index (Phi) is 4.36. The van der Waals surface area contributed by atoms with E-state index >= 15 is 0 Å². The van der Waals surface area contributed by atoms with Crippen LogP contribution < -0.4 is 10.1 Å². The second kappa shape index (κ2) is 6.00. The molecule has 4 nitrogen and oxygen atoms in total. The second-order valence-electron chi connectivity index (χ2n) is 3.60. The minimum absolute atomic E-state index is 0.179. The van der Waals surface area contributed by atoms with E-state index in [4.69, 9.17) is 27.9 Å². The average Bonchev–Trinajstić information content (AvgIpc) is 2.35.